The third-order valence-electron chi connectivity index (χ3n) is 2.21. The topological polar surface area (TPSA) is 56.7 Å². The van der Waals surface area contributed by atoms with E-state index in [0.29, 0.717) is 17.9 Å². The lowest BCUT2D eigenvalue weighted by Gasteiger charge is -2.06. The smallest absolute Gasteiger partial charge is 0.140 e. The summed E-state index contributed by atoms with van der Waals surface area (Å²) in [5, 5.41) is 4.00. The van der Waals surface area contributed by atoms with Crippen molar-refractivity contribution in [2.75, 3.05) is 0 Å². The van der Waals surface area contributed by atoms with E-state index in [1.54, 1.807) is 16.8 Å². The van der Waals surface area contributed by atoms with E-state index in [4.69, 9.17) is 5.73 Å². The van der Waals surface area contributed by atoms with Gasteiger partial charge in [-0.05, 0) is 18.2 Å². The molecule has 1 aromatic heterocycles. The number of halogens is 2. The molecule has 2 rings (SSSR count). The fourth-order valence-electron chi connectivity index (χ4n) is 1.40. The Morgan fingerprint density at radius 1 is 1.44 bits per heavy atom. The normalized spacial score (nSPS) is 10.7. The average molecular weight is 285 g/mol. The van der Waals surface area contributed by atoms with Crippen LogP contribution in [0.1, 0.15) is 11.4 Å². The summed E-state index contributed by atoms with van der Waals surface area (Å²) >= 11 is 3.30. The Kier molecular flexibility index (Phi) is 3.31. The number of aromatic nitrogens is 3. The first kappa shape index (κ1) is 11.2. The van der Waals surface area contributed by atoms with Crippen LogP contribution < -0.4 is 5.73 Å². The number of hydrogen-bond donors (Lipinski definition) is 1. The van der Waals surface area contributed by atoms with E-state index >= 15 is 0 Å². The van der Waals surface area contributed by atoms with Crippen molar-refractivity contribution in [2.45, 2.75) is 13.1 Å². The molecule has 0 spiro atoms. The molecule has 4 nitrogen and oxygen atoms in total. The van der Waals surface area contributed by atoms with Crippen molar-refractivity contribution in [1.29, 1.82) is 0 Å². The van der Waals surface area contributed by atoms with Crippen molar-refractivity contribution >= 4 is 15.9 Å². The zero-order chi connectivity index (χ0) is 11.5. The van der Waals surface area contributed by atoms with Crippen LogP contribution in [0.2, 0.25) is 0 Å². The molecule has 2 N–H and O–H groups in total. The number of hydrogen-bond acceptors (Lipinski definition) is 3. The minimum atomic E-state index is -0.262. The molecule has 84 valence electrons. The molecule has 2 aromatic rings. The first-order chi connectivity index (χ1) is 7.70. The van der Waals surface area contributed by atoms with Gasteiger partial charge in [0, 0.05) is 10.0 Å². The van der Waals surface area contributed by atoms with Crippen molar-refractivity contribution < 1.29 is 4.39 Å². The Hall–Kier alpha value is -1.27. The third kappa shape index (κ3) is 2.28. The van der Waals surface area contributed by atoms with Crippen molar-refractivity contribution in [3.8, 4) is 0 Å². The Bertz CT molecular complexity index is 497. The lowest BCUT2D eigenvalue weighted by molar-refractivity contribution is 0.573. The summed E-state index contributed by atoms with van der Waals surface area (Å²) in [7, 11) is 0. The van der Waals surface area contributed by atoms with Crippen LogP contribution in [-0.2, 0) is 13.1 Å². The molecule has 0 aliphatic heterocycles. The second-order valence-corrected chi connectivity index (χ2v) is 4.19. The highest BCUT2D eigenvalue weighted by Gasteiger charge is 2.07. The monoisotopic (exact) mass is 284 g/mol. The second kappa shape index (κ2) is 4.71. The van der Waals surface area contributed by atoms with Crippen LogP contribution in [-0.4, -0.2) is 14.8 Å². The largest absolute Gasteiger partial charge is 0.324 e. The Morgan fingerprint density at radius 3 is 3.00 bits per heavy atom. The highest BCUT2D eigenvalue weighted by atomic mass is 79.9. The van der Waals surface area contributed by atoms with Gasteiger partial charge in [0.2, 0.25) is 0 Å². The van der Waals surface area contributed by atoms with Crippen LogP contribution >= 0.6 is 15.9 Å². The van der Waals surface area contributed by atoms with E-state index in [-0.39, 0.29) is 12.4 Å². The minimum Gasteiger partial charge on any atom is -0.324 e. The quantitative estimate of drug-likeness (QED) is 0.933. The first-order valence-electron chi connectivity index (χ1n) is 4.71. The lowest BCUT2D eigenvalue weighted by atomic mass is 10.2. The van der Waals surface area contributed by atoms with Gasteiger partial charge >= 0.3 is 0 Å². The fourth-order valence-corrected chi connectivity index (χ4v) is 1.81. The molecule has 0 fully saturated rings. The summed E-state index contributed by atoms with van der Waals surface area (Å²) in [5.74, 6) is 0.376. The molecule has 0 amide bonds. The van der Waals surface area contributed by atoms with Gasteiger partial charge in [-0.3, -0.25) is 0 Å². The van der Waals surface area contributed by atoms with Gasteiger partial charge in [0.15, 0.2) is 0 Å². The molecular formula is C10H10BrFN4. The van der Waals surface area contributed by atoms with Crippen molar-refractivity contribution in [3.63, 3.8) is 0 Å². The Labute approximate surface area is 100 Å². The van der Waals surface area contributed by atoms with Gasteiger partial charge in [-0.25, -0.2) is 14.1 Å². The zero-order valence-corrected chi connectivity index (χ0v) is 9.98. The van der Waals surface area contributed by atoms with E-state index < -0.39 is 0 Å². The zero-order valence-electron chi connectivity index (χ0n) is 8.40. The van der Waals surface area contributed by atoms with Gasteiger partial charge in [-0.1, -0.05) is 15.9 Å². The van der Waals surface area contributed by atoms with Crippen LogP contribution in [0.15, 0.2) is 29.0 Å². The summed E-state index contributed by atoms with van der Waals surface area (Å²) in [6.45, 7) is 0.618. The summed E-state index contributed by atoms with van der Waals surface area (Å²) in [5.41, 5.74) is 6.04. The van der Waals surface area contributed by atoms with Crippen molar-refractivity contribution in [2.24, 2.45) is 5.73 Å². The van der Waals surface area contributed by atoms with E-state index in [0.717, 1.165) is 4.47 Å². The highest BCUT2D eigenvalue weighted by Crippen LogP contribution is 2.16. The highest BCUT2D eigenvalue weighted by molar-refractivity contribution is 9.10. The minimum absolute atomic E-state index is 0.262. The predicted octanol–water partition coefficient (Wildman–Crippen LogP) is 1.69. The molecule has 1 aromatic carbocycles. The van der Waals surface area contributed by atoms with Crippen LogP contribution in [0.3, 0.4) is 0 Å². The molecule has 0 radical (unpaired) electrons. The van der Waals surface area contributed by atoms with E-state index in [1.165, 1.54) is 12.4 Å². The summed E-state index contributed by atoms with van der Waals surface area (Å²) in [6.07, 6.45) is 1.41. The van der Waals surface area contributed by atoms with Crippen LogP contribution in [0.25, 0.3) is 0 Å². The predicted molar refractivity (Wildman–Crippen MR) is 61.1 cm³/mol. The third-order valence-corrected chi connectivity index (χ3v) is 2.70. The number of nitrogens with zero attached hydrogens (tertiary/aromatic N) is 3. The van der Waals surface area contributed by atoms with Gasteiger partial charge in [0.1, 0.15) is 18.0 Å². The van der Waals surface area contributed by atoms with E-state index in [2.05, 4.69) is 26.0 Å². The molecule has 0 saturated carbocycles. The maximum Gasteiger partial charge on any atom is 0.140 e. The van der Waals surface area contributed by atoms with E-state index in [1.807, 2.05) is 0 Å². The van der Waals surface area contributed by atoms with Crippen LogP contribution in [0.4, 0.5) is 4.39 Å². The molecule has 6 heteroatoms. The van der Waals surface area contributed by atoms with Gasteiger partial charge in [-0.2, -0.15) is 5.10 Å². The Morgan fingerprint density at radius 2 is 2.25 bits per heavy atom. The maximum absolute atomic E-state index is 13.5. The molecule has 0 aliphatic rings. The molecule has 0 aliphatic carbocycles. The first-order valence-corrected chi connectivity index (χ1v) is 5.50. The molecule has 16 heavy (non-hydrogen) atoms. The van der Waals surface area contributed by atoms with Crippen molar-refractivity contribution in [1.82, 2.24) is 14.8 Å². The van der Waals surface area contributed by atoms with Gasteiger partial charge in [0.05, 0.1) is 13.1 Å². The molecule has 0 atom stereocenters. The van der Waals surface area contributed by atoms with Gasteiger partial charge < -0.3 is 5.73 Å². The molecule has 0 unspecified atom stereocenters. The second-order valence-electron chi connectivity index (χ2n) is 3.27. The van der Waals surface area contributed by atoms with Crippen LogP contribution in [0.5, 0.6) is 0 Å². The standard InChI is InChI=1S/C10H10BrFN4/c11-8-1-2-9(12)7(3-8)5-16-10(4-13)14-6-15-16/h1-3,6H,4-5,13H2. The maximum atomic E-state index is 13.5. The lowest BCUT2D eigenvalue weighted by Crippen LogP contribution is -2.11. The van der Waals surface area contributed by atoms with Gasteiger partial charge in [0.25, 0.3) is 0 Å². The fraction of sp³-hybridized carbons (Fsp3) is 0.200. The SMILES string of the molecule is NCc1ncnn1Cc1cc(Br)ccc1F. The molecule has 0 bridgehead atoms. The summed E-state index contributed by atoms with van der Waals surface area (Å²) in [4.78, 5) is 3.98. The van der Waals surface area contributed by atoms with E-state index in [9.17, 15) is 4.39 Å². The molecule has 0 saturated heterocycles. The van der Waals surface area contributed by atoms with Crippen molar-refractivity contribution in [3.05, 3.63) is 46.2 Å². The number of benzene rings is 1. The summed E-state index contributed by atoms with van der Waals surface area (Å²) < 4.78 is 15.9. The average Bonchev–Trinajstić information content (AvgIpc) is 2.71. The summed E-state index contributed by atoms with van der Waals surface area (Å²) in [6, 6.07) is 4.79. The van der Waals surface area contributed by atoms with Crippen LogP contribution in [0, 0.1) is 5.82 Å². The number of rotatable bonds is 3. The number of nitrogens with two attached hydrogens (primary N) is 1. The molecular weight excluding hydrogens is 275 g/mol. The Balaban J connectivity index is 2.30. The molecule has 1 heterocycles. The van der Waals surface area contributed by atoms with Gasteiger partial charge in [-0.15, -0.1) is 0 Å².